The highest BCUT2D eigenvalue weighted by Gasteiger charge is 2.32. The van der Waals surface area contributed by atoms with E-state index in [0.717, 1.165) is 31.2 Å². The Labute approximate surface area is 215 Å². The average molecular weight is 483 g/mol. The number of aryl methyl sites for hydroxylation is 5. The van der Waals surface area contributed by atoms with Crippen LogP contribution in [0.3, 0.4) is 0 Å². The highest BCUT2D eigenvalue weighted by atomic mass is 32.1. The number of nitrogens with zero attached hydrogens (tertiary/aromatic N) is 2. The van der Waals surface area contributed by atoms with E-state index < -0.39 is 0 Å². The summed E-state index contributed by atoms with van der Waals surface area (Å²) in [5.41, 5.74) is 11.6. The summed E-state index contributed by atoms with van der Waals surface area (Å²) in [4.78, 5) is 9.63. The molecule has 0 aliphatic rings. The van der Waals surface area contributed by atoms with Gasteiger partial charge in [0.2, 0.25) is 0 Å². The molecule has 0 aliphatic carbocycles. The first-order valence-corrected chi connectivity index (χ1v) is 13.7. The maximum absolute atomic E-state index is 5.13. The minimum absolute atomic E-state index is 0.196. The zero-order valence-corrected chi connectivity index (χ0v) is 23.1. The molecule has 2 heterocycles. The Kier molecular flexibility index (Phi) is 7.56. The number of hydrogen-bond acceptors (Lipinski definition) is 3. The predicted octanol–water partition coefficient (Wildman–Crippen LogP) is 8.63. The number of pyridine rings is 1. The first-order chi connectivity index (χ1) is 16.8. The van der Waals surface area contributed by atoms with Crippen molar-refractivity contribution in [2.45, 2.75) is 79.6 Å². The van der Waals surface area contributed by atoms with E-state index in [1.807, 2.05) is 6.20 Å². The first-order valence-electron chi connectivity index (χ1n) is 12.9. The summed E-state index contributed by atoms with van der Waals surface area (Å²) in [6.45, 7) is 15.8. The zero-order valence-electron chi connectivity index (χ0n) is 22.3. The largest absolute Gasteiger partial charge is 0.253 e. The fourth-order valence-electron chi connectivity index (χ4n) is 5.55. The van der Waals surface area contributed by atoms with E-state index in [2.05, 4.69) is 101 Å². The van der Waals surface area contributed by atoms with Crippen molar-refractivity contribution in [3.63, 3.8) is 0 Å². The van der Waals surface area contributed by atoms with Crippen molar-refractivity contribution in [1.82, 2.24) is 9.97 Å². The van der Waals surface area contributed by atoms with E-state index in [4.69, 9.17) is 4.98 Å². The van der Waals surface area contributed by atoms with Crippen LogP contribution >= 0.6 is 11.3 Å². The van der Waals surface area contributed by atoms with Gasteiger partial charge in [-0.3, -0.25) is 4.98 Å². The number of allylic oxidation sites excluding steroid dienone is 2. The molecule has 0 spiro atoms. The molecule has 2 aromatic heterocycles. The number of hydrogen-bond donors (Lipinski definition) is 0. The van der Waals surface area contributed by atoms with Crippen molar-refractivity contribution in [3.05, 3.63) is 104 Å². The first kappa shape index (κ1) is 25.3. The Hall–Kier alpha value is -2.78. The molecule has 2 aromatic carbocycles. The zero-order chi connectivity index (χ0) is 25.2. The Balaban J connectivity index is 1.89. The Morgan fingerprint density at radius 3 is 2.49 bits per heavy atom. The van der Waals surface area contributed by atoms with Crippen LogP contribution in [0.25, 0.3) is 10.9 Å². The second-order valence-electron chi connectivity index (χ2n) is 9.91. The summed E-state index contributed by atoms with van der Waals surface area (Å²) >= 11 is 1.74. The standard InChI is InChI=1S/C32H38N2S/c1-8-10-23(5)32(7,28-14-11-21(3)19-22(28)4)25-12-15-30-27(20-25)24(6)26(29(9-2)34-30)13-16-31-33-17-18-35-31/h10-12,14-15,17-20H,8-9,13,16H2,1-7H3/b23-10+. The van der Waals surface area contributed by atoms with E-state index in [9.17, 15) is 0 Å². The Morgan fingerprint density at radius 2 is 1.83 bits per heavy atom. The summed E-state index contributed by atoms with van der Waals surface area (Å²) in [7, 11) is 0. The van der Waals surface area contributed by atoms with Crippen LogP contribution in [0.4, 0.5) is 0 Å². The van der Waals surface area contributed by atoms with Gasteiger partial charge in [-0.2, -0.15) is 0 Å². The molecule has 0 radical (unpaired) electrons. The predicted molar refractivity (Wildman–Crippen MR) is 152 cm³/mol. The van der Waals surface area contributed by atoms with Gasteiger partial charge in [-0.15, -0.1) is 11.3 Å². The maximum Gasteiger partial charge on any atom is 0.0928 e. The van der Waals surface area contributed by atoms with Crippen LogP contribution < -0.4 is 0 Å². The Morgan fingerprint density at radius 1 is 1.03 bits per heavy atom. The average Bonchev–Trinajstić information content (AvgIpc) is 3.36. The molecule has 0 saturated carbocycles. The highest BCUT2D eigenvalue weighted by Crippen LogP contribution is 2.42. The van der Waals surface area contributed by atoms with E-state index in [1.165, 1.54) is 55.0 Å². The van der Waals surface area contributed by atoms with Gasteiger partial charge in [-0.25, -0.2) is 4.98 Å². The van der Waals surface area contributed by atoms with Gasteiger partial charge in [-0.05, 0) is 93.8 Å². The Bertz CT molecular complexity index is 1360. The van der Waals surface area contributed by atoms with Crippen molar-refractivity contribution in [1.29, 1.82) is 0 Å². The van der Waals surface area contributed by atoms with Gasteiger partial charge in [0.1, 0.15) is 0 Å². The summed E-state index contributed by atoms with van der Waals surface area (Å²) in [5, 5.41) is 4.53. The molecule has 4 aromatic rings. The third kappa shape index (κ3) is 4.84. The van der Waals surface area contributed by atoms with Crippen LogP contribution in [0.5, 0.6) is 0 Å². The second-order valence-corrected chi connectivity index (χ2v) is 10.9. The number of rotatable bonds is 8. The molecule has 0 bridgehead atoms. The van der Waals surface area contributed by atoms with Crippen molar-refractivity contribution in [2.24, 2.45) is 0 Å². The van der Waals surface area contributed by atoms with E-state index >= 15 is 0 Å². The van der Waals surface area contributed by atoms with Crippen molar-refractivity contribution >= 4 is 22.2 Å². The SMILES string of the molecule is CC/C=C(\C)C(C)(c1ccc2nc(CC)c(CCc3nccs3)c(C)c2c1)c1ccc(C)cc1C. The third-order valence-electron chi connectivity index (χ3n) is 7.66. The highest BCUT2D eigenvalue weighted by molar-refractivity contribution is 7.09. The van der Waals surface area contributed by atoms with Crippen LogP contribution in [-0.4, -0.2) is 9.97 Å². The molecule has 182 valence electrons. The maximum atomic E-state index is 5.13. The lowest BCUT2D eigenvalue weighted by molar-refractivity contribution is 0.665. The molecule has 0 aliphatic heterocycles. The summed E-state index contributed by atoms with van der Waals surface area (Å²) in [6.07, 6.45) is 8.22. The van der Waals surface area contributed by atoms with Crippen LogP contribution in [0, 0.1) is 20.8 Å². The van der Waals surface area contributed by atoms with Gasteiger partial charge in [0.25, 0.3) is 0 Å². The fraction of sp³-hybridized carbons (Fsp3) is 0.375. The van der Waals surface area contributed by atoms with E-state index in [1.54, 1.807) is 11.3 Å². The molecular weight excluding hydrogens is 444 g/mol. The van der Waals surface area contributed by atoms with Crippen LogP contribution in [-0.2, 0) is 24.7 Å². The smallest absolute Gasteiger partial charge is 0.0928 e. The van der Waals surface area contributed by atoms with Crippen molar-refractivity contribution in [3.8, 4) is 0 Å². The fourth-order valence-corrected chi connectivity index (χ4v) is 6.17. The van der Waals surface area contributed by atoms with E-state index in [0.29, 0.717) is 0 Å². The molecule has 0 amide bonds. The second kappa shape index (κ2) is 10.5. The molecule has 0 fully saturated rings. The van der Waals surface area contributed by atoms with Gasteiger partial charge in [-0.1, -0.05) is 55.3 Å². The minimum atomic E-state index is -0.196. The van der Waals surface area contributed by atoms with Crippen LogP contribution in [0.2, 0.25) is 0 Å². The van der Waals surface area contributed by atoms with Gasteiger partial charge in [0.15, 0.2) is 0 Å². The molecule has 4 rings (SSSR count). The van der Waals surface area contributed by atoms with Crippen molar-refractivity contribution < 1.29 is 0 Å². The minimum Gasteiger partial charge on any atom is -0.253 e. The lowest BCUT2D eigenvalue weighted by atomic mass is 9.69. The number of aromatic nitrogens is 2. The summed E-state index contributed by atoms with van der Waals surface area (Å²) in [5.74, 6) is 0. The molecule has 1 unspecified atom stereocenters. The van der Waals surface area contributed by atoms with Gasteiger partial charge in [0.05, 0.1) is 10.5 Å². The molecule has 0 saturated heterocycles. The molecule has 35 heavy (non-hydrogen) atoms. The molecule has 3 heteroatoms. The normalized spacial score (nSPS) is 13.9. The number of fused-ring (bicyclic) bond motifs is 1. The topological polar surface area (TPSA) is 25.8 Å². The van der Waals surface area contributed by atoms with Crippen molar-refractivity contribution in [2.75, 3.05) is 0 Å². The van der Waals surface area contributed by atoms with Gasteiger partial charge >= 0.3 is 0 Å². The monoisotopic (exact) mass is 482 g/mol. The number of thiazole rings is 1. The van der Waals surface area contributed by atoms with Gasteiger partial charge < -0.3 is 0 Å². The van der Waals surface area contributed by atoms with Crippen LogP contribution in [0.1, 0.15) is 78.2 Å². The molecule has 2 nitrogen and oxygen atoms in total. The lowest BCUT2D eigenvalue weighted by Gasteiger charge is -2.34. The van der Waals surface area contributed by atoms with E-state index in [-0.39, 0.29) is 5.41 Å². The van der Waals surface area contributed by atoms with Crippen LogP contribution in [0.15, 0.2) is 59.6 Å². The number of benzene rings is 2. The molecule has 1 atom stereocenters. The third-order valence-corrected chi connectivity index (χ3v) is 8.50. The van der Waals surface area contributed by atoms with Gasteiger partial charge in [0, 0.05) is 34.5 Å². The summed E-state index contributed by atoms with van der Waals surface area (Å²) in [6, 6.07) is 13.8. The molecule has 0 N–H and O–H groups in total. The quantitative estimate of drug-likeness (QED) is 0.235. The summed E-state index contributed by atoms with van der Waals surface area (Å²) < 4.78 is 0. The molecular formula is C32H38N2S. The lowest BCUT2D eigenvalue weighted by Crippen LogP contribution is -2.26.